The van der Waals surface area contributed by atoms with Crippen molar-refractivity contribution in [1.82, 2.24) is 19.8 Å². The summed E-state index contributed by atoms with van der Waals surface area (Å²) < 4.78 is 1.56. The summed E-state index contributed by atoms with van der Waals surface area (Å²) in [6.45, 7) is 0. The molecule has 0 amide bonds. The number of nitrogens with zero attached hydrogens (tertiary/aromatic N) is 4. The van der Waals surface area contributed by atoms with Crippen LogP contribution in [0.3, 0.4) is 0 Å². The van der Waals surface area contributed by atoms with Gasteiger partial charge in [0.2, 0.25) is 0 Å². The SMILES string of the molecule is [c]1ccc2nncn2n1. The number of hydrogen-bond donors (Lipinski definition) is 0. The van der Waals surface area contributed by atoms with Crippen molar-refractivity contribution in [1.29, 1.82) is 0 Å². The Hall–Kier alpha value is -1.45. The second kappa shape index (κ2) is 1.51. The molecule has 0 unspecified atom stereocenters. The van der Waals surface area contributed by atoms with Crippen LogP contribution in [0.4, 0.5) is 0 Å². The third-order valence-electron chi connectivity index (χ3n) is 1.03. The van der Waals surface area contributed by atoms with Gasteiger partial charge in [0.05, 0.1) is 0 Å². The number of aromatic nitrogens is 4. The molecule has 2 heterocycles. The summed E-state index contributed by atoms with van der Waals surface area (Å²) in [7, 11) is 0. The Bertz CT molecular complexity index is 283. The van der Waals surface area contributed by atoms with Crippen LogP contribution in [-0.4, -0.2) is 19.8 Å². The van der Waals surface area contributed by atoms with Crippen LogP contribution in [0.15, 0.2) is 18.5 Å². The molecule has 9 heavy (non-hydrogen) atoms. The molecule has 2 rings (SSSR count). The highest BCUT2D eigenvalue weighted by molar-refractivity contribution is 5.32. The number of rotatable bonds is 0. The summed E-state index contributed by atoms with van der Waals surface area (Å²) >= 11 is 0. The monoisotopic (exact) mass is 119 g/mol. The van der Waals surface area contributed by atoms with Crippen molar-refractivity contribution in [3.63, 3.8) is 0 Å². The zero-order valence-electron chi connectivity index (χ0n) is 4.52. The first kappa shape index (κ1) is 4.43. The van der Waals surface area contributed by atoms with E-state index in [1.807, 2.05) is 0 Å². The number of hydrogen-bond acceptors (Lipinski definition) is 3. The largest absolute Gasteiger partial charge is 0.200 e. The second-order valence-corrected chi connectivity index (χ2v) is 1.60. The molecular formula is C5H3N4. The van der Waals surface area contributed by atoms with Gasteiger partial charge in [-0.05, 0) is 12.1 Å². The lowest BCUT2D eigenvalue weighted by Gasteiger charge is -1.82. The maximum atomic E-state index is 3.81. The predicted molar refractivity (Wildman–Crippen MR) is 29.6 cm³/mol. The van der Waals surface area contributed by atoms with Crippen molar-refractivity contribution in [2.24, 2.45) is 0 Å². The van der Waals surface area contributed by atoms with Crippen molar-refractivity contribution in [2.75, 3.05) is 0 Å². The Balaban J connectivity index is 2.95. The second-order valence-electron chi connectivity index (χ2n) is 1.60. The van der Waals surface area contributed by atoms with Gasteiger partial charge in [-0.3, -0.25) is 0 Å². The molecular weight excluding hydrogens is 116 g/mol. The first-order valence-corrected chi connectivity index (χ1v) is 2.50. The van der Waals surface area contributed by atoms with Gasteiger partial charge in [0.15, 0.2) is 5.65 Å². The van der Waals surface area contributed by atoms with Gasteiger partial charge in [-0.2, -0.15) is 9.61 Å². The molecule has 4 nitrogen and oxygen atoms in total. The highest BCUT2D eigenvalue weighted by Gasteiger charge is 1.89. The average Bonchev–Trinajstić information content (AvgIpc) is 2.33. The fourth-order valence-electron chi connectivity index (χ4n) is 0.633. The minimum atomic E-state index is 0.744. The quantitative estimate of drug-likeness (QED) is 0.487. The van der Waals surface area contributed by atoms with Gasteiger partial charge >= 0.3 is 0 Å². The first-order chi connectivity index (χ1) is 4.47. The molecule has 43 valence electrons. The molecule has 1 radical (unpaired) electrons. The van der Waals surface area contributed by atoms with Crippen LogP contribution in [0.2, 0.25) is 0 Å². The van der Waals surface area contributed by atoms with E-state index in [0.29, 0.717) is 0 Å². The molecule has 0 aliphatic heterocycles. The zero-order chi connectivity index (χ0) is 6.10. The highest BCUT2D eigenvalue weighted by Crippen LogP contribution is 1.90. The Morgan fingerprint density at radius 1 is 1.56 bits per heavy atom. The van der Waals surface area contributed by atoms with Crippen LogP contribution in [0.25, 0.3) is 5.65 Å². The average molecular weight is 119 g/mol. The maximum absolute atomic E-state index is 3.81. The van der Waals surface area contributed by atoms with Gasteiger partial charge in [0.1, 0.15) is 12.5 Å². The lowest BCUT2D eigenvalue weighted by Crippen LogP contribution is -1.86. The third-order valence-corrected chi connectivity index (χ3v) is 1.03. The standard InChI is InChI=1S/C5H3N4/c1-2-5-8-6-4-9(5)7-3-1/h1-2,4H. The Morgan fingerprint density at radius 2 is 2.56 bits per heavy atom. The Morgan fingerprint density at radius 3 is 3.44 bits per heavy atom. The van der Waals surface area contributed by atoms with Gasteiger partial charge < -0.3 is 0 Å². The van der Waals surface area contributed by atoms with Crippen LogP contribution in [-0.2, 0) is 0 Å². The fourth-order valence-corrected chi connectivity index (χ4v) is 0.633. The van der Waals surface area contributed by atoms with Crippen molar-refractivity contribution in [3.8, 4) is 0 Å². The lowest BCUT2D eigenvalue weighted by atomic mass is 10.6. The summed E-state index contributed by atoms with van der Waals surface area (Å²) in [6, 6.07) is 3.49. The molecule has 2 aromatic heterocycles. The summed E-state index contributed by atoms with van der Waals surface area (Å²) in [5.74, 6) is 0. The molecule has 0 atom stereocenters. The minimum Gasteiger partial charge on any atom is -0.200 e. The van der Waals surface area contributed by atoms with Crippen molar-refractivity contribution in [3.05, 3.63) is 24.7 Å². The molecule has 0 N–H and O–H groups in total. The molecule has 0 aliphatic rings. The molecule has 0 aliphatic carbocycles. The van der Waals surface area contributed by atoms with Crippen LogP contribution < -0.4 is 0 Å². The Kier molecular flexibility index (Phi) is 0.745. The van der Waals surface area contributed by atoms with E-state index in [-0.39, 0.29) is 0 Å². The van der Waals surface area contributed by atoms with E-state index in [1.165, 1.54) is 6.33 Å². The summed E-state index contributed by atoms with van der Waals surface area (Å²) in [6.07, 6.45) is 4.19. The van der Waals surface area contributed by atoms with Crippen LogP contribution in [0.1, 0.15) is 0 Å². The third kappa shape index (κ3) is 0.561. The topological polar surface area (TPSA) is 43.1 Å². The number of fused-ring (bicyclic) bond motifs is 1. The van der Waals surface area contributed by atoms with E-state index in [0.717, 1.165) is 5.65 Å². The zero-order valence-corrected chi connectivity index (χ0v) is 4.52. The summed E-state index contributed by atoms with van der Waals surface area (Å²) in [5.41, 5.74) is 0.744. The molecule has 2 aromatic rings. The molecule has 0 spiro atoms. The van der Waals surface area contributed by atoms with Gasteiger partial charge in [-0.25, -0.2) is 0 Å². The molecule has 0 fully saturated rings. The smallest absolute Gasteiger partial charge is 0.177 e. The van der Waals surface area contributed by atoms with E-state index >= 15 is 0 Å². The maximum Gasteiger partial charge on any atom is 0.177 e. The van der Waals surface area contributed by atoms with Gasteiger partial charge in [-0.15, -0.1) is 10.2 Å². The molecule has 0 aromatic carbocycles. The summed E-state index contributed by atoms with van der Waals surface area (Å²) in [4.78, 5) is 0. The molecule has 0 saturated heterocycles. The Labute approximate surface area is 51.1 Å². The van der Waals surface area contributed by atoms with Crippen LogP contribution in [0, 0.1) is 6.20 Å². The van der Waals surface area contributed by atoms with Crippen molar-refractivity contribution in [2.45, 2.75) is 0 Å². The predicted octanol–water partition coefficient (Wildman–Crippen LogP) is -0.0755. The first-order valence-electron chi connectivity index (χ1n) is 2.50. The van der Waals surface area contributed by atoms with Gasteiger partial charge in [0, 0.05) is 0 Å². The molecule has 0 bridgehead atoms. The van der Waals surface area contributed by atoms with Crippen molar-refractivity contribution >= 4 is 5.65 Å². The van der Waals surface area contributed by atoms with Gasteiger partial charge in [-0.1, -0.05) is 0 Å². The van der Waals surface area contributed by atoms with Gasteiger partial charge in [0.25, 0.3) is 0 Å². The van der Waals surface area contributed by atoms with E-state index < -0.39 is 0 Å². The van der Waals surface area contributed by atoms with E-state index in [4.69, 9.17) is 0 Å². The minimum absolute atomic E-state index is 0.744. The highest BCUT2D eigenvalue weighted by atomic mass is 15.3. The molecule has 0 saturated carbocycles. The van der Waals surface area contributed by atoms with Crippen molar-refractivity contribution < 1.29 is 0 Å². The van der Waals surface area contributed by atoms with Crippen LogP contribution >= 0.6 is 0 Å². The lowest BCUT2D eigenvalue weighted by molar-refractivity contribution is 0.920. The van der Waals surface area contributed by atoms with E-state index in [2.05, 4.69) is 21.5 Å². The molecule has 4 heteroatoms. The normalized spacial score (nSPS) is 10.2. The van der Waals surface area contributed by atoms with E-state index in [1.54, 1.807) is 16.6 Å². The van der Waals surface area contributed by atoms with Crippen LogP contribution in [0.5, 0.6) is 0 Å². The summed E-state index contributed by atoms with van der Waals surface area (Å²) in [5, 5.41) is 11.2. The fraction of sp³-hybridized carbons (Fsp3) is 0. The van der Waals surface area contributed by atoms with E-state index in [9.17, 15) is 0 Å².